The van der Waals surface area contributed by atoms with Gasteiger partial charge in [0.15, 0.2) is 0 Å². The third-order valence-corrected chi connectivity index (χ3v) is 11.6. The minimum Gasteiger partial charge on any atom is -0.494 e. The van der Waals surface area contributed by atoms with Gasteiger partial charge in [-0.15, -0.1) is 0 Å². The van der Waals surface area contributed by atoms with Gasteiger partial charge in [0.25, 0.3) is 0 Å². The topological polar surface area (TPSA) is 61.8 Å². The average Bonchev–Trinajstić information content (AvgIpc) is 3.29. The van der Waals surface area contributed by atoms with Gasteiger partial charge in [0.1, 0.15) is 12.2 Å². The van der Waals surface area contributed by atoms with E-state index in [2.05, 4.69) is 27.7 Å². The van der Waals surface area contributed by atoms with E-state index in [1.807, 2.05) is 0 Å². The largest absolute Gasteiger partial charge is 0.494 e. The lowest BCUT2D eigenvalue weighted by molar-refractivity contribution is -0.159. The zero-order valence-electron chi connectivity index (χ0n) is 23.4. The summed E-state index contributed by atoms with van der Waals surface area (Å²) in [5, 5.41) is 0. The van der Waals surface area contributed by atoms with Crippen molar-refractivity contribution in [1.82, 2.24) is 0 Å². The first-order valence-electron chi connectivity index (χ1n) is 14.7. The number of carbonyl (C=O) groups is 2. The van der Waals surface area contributed by atoms with E-state index in [-0.39, 0.29) is 18.0 Å². The summed E-state index contributed by atoms with van der Waals surface area (Å²) < 4.78 is 17.6. The van der Waals surface area contributed by atoms with Crippen LogP contribution in [0.2, 0.25) is 0 Å². The van der Waals surface area contributed by atoms with E-state index in [1.54, 1.807) is 6.92 Å². The Kier molecular flexibility index (Phi) is 7.00. The lowest BCUT2D eigenvalue weighted by Crippen LogP contribution is -2.54. The normalized spacial score (nSPS) is 44.0. The van der Waals surface area contributed by atoms with Gasteiger partial charge in [0.05, 0.1) is 12.4 Å². The molecule has 0 aromatic heterocycles. The molecule has 0 aromatic rings. The van der Waals surface area contributed by atoms with E-state index >= 15 is 0 Å². The molecule has 202 valence electrons. The first kappa shape index (κ1) is 26.1. The maximum atomic E-state index is 11.6. The van der Waals surface area contributed by atoms with Crippen LogP contribution >= 0.6 is 0 Å². The second-order valence-corrected chi connectivity index (χ2v) is 13.6. The number of allylic oxidation sites excluding steroid dienone is 1. The minimum absolute atomic E-state index is 0.120. The maximum absolute atomic E-state index is 11.6. The van der Waals surface area contributed by atoms with Crippen LogP contribution in [0.25, 0.3) is 0 Å². The van der Waals surface area contributed by atoms with Crippen LogP contribution in [0.4, 0.5) is 0 Å². The van der Waals surface area contributed by atoms with Crippen LogP contribution in [0.15, 0.2) is 11.3 Å². The van der Waals surface area contributed by atoms with Crippen LogP contribution in [-0.2, 0) is 23.8 Å². The Morgan fingerprint density at radius 1 is 1.00 bits per heavy atom. The van der Waals surface area contributed by atoms with Crippen molar-refractivity contribution in [1.29, 1.82) is 0 Å². The minimum atomic E-state index is -0.196. The summed E-state index contributed by atoms with van der Waals surface area (Å²) in [6.07, 6.45) is 12.2. The Morgan fingerprint density at radius 2 is 1.75 bits per heavy atom. The standard InChI is InChI=1S/C31H48O5/c1-18(17-34-20(3)32)7-10-27-19(2)29-28(36-27)16-26-24-9-8-22-15-23(35-21(4)33)11-13-30(22,5)25(24)12-14-31(26,29)6/h18,22-26,28-29H,7-17H2,1-6H3/t18?,22?,23-,24+,25-,26-,28-,29-,30-,31-/m0/s1. The van der Waals surface area contributed by atoms with Gasteiger partial charge >= 0.3 is 11.9 Å². The highest BCUT2D eigenvalue weighted by atomic mass is 16.5. The van der Waals surface area contributed by atoms with Gasteiger partial charge in [-0.05, 0) is 111 Å². The number of esters is 2. The molecule has 10 atom stereocenters. The molecule has 5 aliphatic rings. The van der Waals surface area contributed by atoms with Gasteiger partial charge in [-0.2, -0.15) is 0 Å². The third-order valence-electron chi connectivity index (χ3n) is 11.6. The van der Waals surface area contributed by atoms with E-state index in [4.69, 9.17) is 14.2 Å². The fraction of sp³-hybridized carbons (Fsp3) is 0.871. The van der Waals surface area contributed by atoms with Gasteiger partial charge in [0.2, 0.25) is 0 Å². The SMILES string of the molecule is CC(=O)OCC(C)CCC1=C(C)[C@H]2[C@H](C[C@H]3[C@@H]4CCC5C[C@@H](OC(C)=O)CC[C@]5(C)[C@H]4CC[C@@]32C)O1. The van der Waals surface area contributed by atoms with Crippen molar-refractivity contribution in [3.63, 3.8) is 0 Å². The molecule has 5 rings (SSSR count). The van der Waals surface area contributed by atoms with Gasteiger partial charge in [-0.1, -0.05) is 20.8 Å². The summed E-state index contributed by atoms with van der Waals surface area (Å²) >= 11 is 0. The summed E-state index contributed by atoms with van der Waals surface area (Å²) in [6.45, 7) is 13.2. The number of hydrogen-bond donors (Lipinski definition) is 0. The number of rotatable bonds is 6. The summed E-state index contributed by atoms with van der Waals surface area (Å²) in [6, 6.07) is 0. The molecule has 0 bridgehead atoms. The summed E-state index contributed by atoms with van der Waals surface area (Å²) in [5.74, 6) is 4.89. The number of fused-ring (bicyclic) bond motifs is 7. The molecule has 0 amide bonds. The van der Waals surface area contributed by atoms with E-state index in [1.165, 1.54) is 56.8 Å². The predicted octanol–water partition coefficient (Wildman–Crippen LogP) is 6.84. The number of ether oxygens (including phenoxy) is 3. The molecule has 0 saturated heterocycles. The molecule has 4 aliphatic carbocycles. The lowest BCUT2D eigenvalue weighted by Gasteiger charge is -2.61. The van der Waals surface area contributed by atoms with Crippen molar-refractivity contribution in [2.24, 2.45) is 46.3 Å². The fourth-order valence-electron chi connectivity index (χ4n) is 9.86. The number of hydrogen-bond acceptors (Lipinski definition) is 5. The van der Waals surface area contributed by atoms with Crippen LogP contribution in [0, 0.1) is 46.3 Å². The van der Waals surface area contributed by atoms with Crippen LogP contribution in [0.3, 0.4) is 0 Å². The highest BCUT2D eigenvalue weighted by molar-refractivity contribution is 5.66. The van der Waals surface area contributed by atoms with Gasteiger partial charge in [-0.25, -0.2) is 0 Å². The van der Waals surface area contributed by atoms with Gasteiger partial charge in [0, 0.05) is 26.2 Å². The first-order valence-corrected chi connectivity index (χ1v) is 14.7. The Morgan fingerprint density at radius 3 is 2.47 bits per heavy atom. The molecular formula is C31H48O5. The average molecular weight is 501 g/mol. The van der Waals surface area contributed by atoms with Crippen LogP contribution < -0.4 is 0 Å². The monoisotopic (exact) mass is 500 g/mol. The Balaban J connectivity index is 1.26. The Bertz CT molecular complexity index is 909. The highest BCUT2D eigenvalue weighted by Crippen LogP contribution is 2.69. The van der Waals surface area contributed by atoms with Crippen molar-refractivity contribution in [3.8, 4) is 0 Å². The molecule has 1 heterocycles. The second kappa shape index (κ2) is 9.66. The summed E-state index contributed by atoms with van der Waals surface area (Å²) in [5.41, 5.74) is 2.25. The molecule has 0 N–H and O–H groups in total. The van der Waals surface area contributed by atoms with Crippen molar-refractivity contribution in [2.45, 2.75) is 118 Å². The van der Waals surface area contributed by atoms with Crippen LogP contribution in [0.1, 0.15) is 106 Å². The van der Waals surface area contributed by atoms with Crippen LogP contribution in [0.5, 0.6) is 0 Å². The van der Waals surface area contributed by atoms with E-state index in [0.717, 1.165) is 43.4 Å². The molecule has 1 aliphatic heterocycles. The van der Waals surface area contributed by atoms with E-state index in [9.17, 15) is 9.59 Å². The molecule has 5 heteroatoms. The van der Waals surface area contributed by atoms with Crippen LogP contribution in [-0.4, -0.2) is 30.8 Å². The van der Waals surface area contributed by atoms with E-state index in [0.29, 0.717) is 41.3 Å². The Hall–Kier alpha value is -1.52. The molecule has 4 saturated carbocycles. The molecule has 0 aromatic carbocycles. The highest BCUT2D eigenvalue weighted by Gasteiger charge is 2.64. The molecule has 36 heavy (non-hydrogen) atoms. The summed E-state index contributed by atoms with van der Waals surface area (Å²) in [7, 11) is 0. The zero-order valence-corrected chi connectivity index (χ0v) is 23.4. The van der Waals surface area contributed by atoms with Gasteiger partial charge < -0.3 is 14.2 Å². The number of carbonyl (C=O) groups excluding carboxylic acids is 2. The zero-order chi connectivity index (χ0) is 25.8. The lowest BCUT2D eigenvalue weighted by atomic mass is 9.44. The molecule has 4 fully saturated rings. The Labute approximate surface area is 218 Å². The van der Waals surface area contributed by atoms with Crippen molar-refractivity contribution >= 4 is 11.9 Å². The van der Waals surface area contributed by atoms with E-state index < -0.39 is 0 Å². The molecule has 0 radical (unpaired) electrons. The van der Waals surface area contributed by atoms with Crippen molar-refractivity contribution < 1.29 is 23.8 Å². The molecule has 5 nitrogen and oxygen atoms in total. The molecule has 2 unspecified atom stereocenters. The maximum Gasteiger partial charge on any atom is 0.302 e. The van der Waals surface area contributed by atoms with Gasteiger partial charge in [-0.3, -0.25) is 9.59 Å². The van der Waals surface area contributed by atoms with Crippen molar-refractivity contribution in [3.05, 3.63) is 11.3 Å². The fourth-order valence-corrected chi connectivity index (χ4v) is 9.86. The van der Waals surface area contributed by atoms with Crippen molar-refractivity contribution in [2.75, 3.05) is 6.61 Å². The predicted molar refractivity (Wildman–Crippen MR) is 139 cm³/mol. The second-order valence-electron chi connectivity index (χ2n) is 13.6. The third kappa shape index (κ3) is 4.41. The smallest absolute Gasteiger partial charge is 0.302 e. The quantitative estimate of drug-likeness (QED) is 0.374. The first-order chi connectivity index (χ1) is 17.0. The summed E-state index contributed by atoms with van der Waals surface area (Å²) in [4.78, 5) is 22.7. The molecule has 0 spiro atoms. The molecular weight excluding hydrogens is 452 g/mol.